The van der Waals surface area contributed by atoms with E-state index in [1.54, 1.807) is 0 Å². The Morgan fingerprint density at radius 2 is 1.46 bits per heavy atom. The summed E-state index contributed by atoms with van der Waals surface area (Å²) in [5, 5.41) is 6.22. The van der Waals surface area contributed by atoms with Crippen LogP contribution in [0.5, 0.6) is 0 Å². The highest BCUT2D eigenvalue weighted by Gasteiger charge is 2.44. The van der Waals surface area contributed by atoms with E-state index in [9.17, 15) is 4.79 Å². The zero-order chi connectivity index (χ0) is 34.4. The van der Waals surface area contributed by atoms with Crippen LogP contribution in [0.2, 0.25) is 51.4 Å². The average Bonchev–Trinajstić information content (AvgIpc) is 3.63. The number of carbonyl (C=O) groups excluding carboxylic acids is 1. The van der Waals surface area contributed by atoms with Gasteiger partial charge in [-0.1, -0.05) is 75.7 Å². The summed E-state index contributed by atoms with van der Waals surface area (Å²) in [7, 11) is -2.52. The number of anilines is 1. The number of rotatable bonds is 13. The lowest BCUT2D eigenvalue weighted by molar-refractivity contribution is -0.122. The summed E-state index contributed by atoms with van der Waals surface area (Å²) in [5.41, 5.74) is 7.21. The predicted molar refractivity (Wildman–Crippen MR) is 203 cm³/mol. The van der Waals surface area contributed by atoms with Gasteiger partial charge in [0.2, 0.25) is 5.91 Å². The van der Waals surface area contributed by atoms with Crippen molar-refractivity contribution in [2.75, 3.05) is 24.7 Å². The second-order valence-electron chi connectivity index (χ2n) is 16.0. The van der Waals surface area contributed by atoms with Crippen LogP contribution >= 0.6 is 0 Å². The van der Waals surface area contributed by atoms with Gasteiger partial charge in [0, 0.05) is 41.3 Å². The third-order valence-electron chi connectivity index (χ3n) is 9.42. The molecule has 3 heterocycles. The molecule has 0 aliphatic carbocycles. The van der Waals surface area contributed by atoms with E-state index in [-0.39, 0.29) is 5.91 Å². The van der Waals surface area contributed by atoms with Crippen molar-refractivity contribution < 1.29 is 14.3 Å². The van der Waals surface area contributed by atoms with Crippen molar-refractivity contribution in [3.63, 3.8) is 0 Å². The zero-order valence-electron chi connectivity index (χ0n) is 30.2. The average molecular weight is 682 g/mol. The number of carbonyl (C=O) groups is 1. The van der Waals surface area contributed by atoms with E-state index in [1.165, 1.54) is 0 Å². The molecule has 5 aromatic rings. The van der Waals surface area contributed by atoms with Gasteiger partial charge < -0.3 is 14.4 Å². The summed E-state index contributed by atoms with van der Waals surface area (Å²) in [4.78, 5) is 20.5. The molecule has 0 N–H and O–H groups in total. The summed E-state index contributed by atoms with van der Waals surface area (Å²) >= 11 is 0. The number of likely N-dealkylation sites (N-methyl/N-ethyl adjacent to an activating group) is 1. The minimum atomic E-state index is -1.28. The smallest absolute Gasteiger partial charge is 0.237 e. The first-order valence-corrected chi connectivity index (χ1v) is 24.7. The van der Waals surface area contributed by atoms with Crippen LogP contribution in [0.3, 0.4) is 0 Å². The monoisotopic (exact) mass is 681 g/mol. The van der Waals surface area contributed by atoms with Gasteiger partial charge in [0.1, 0.15) is 19.2 Å². The lowest BCUT2D eigenvalue weighted by atomic mass is 9.86. The van der Waals surface area contributed by atoms with Gasteiger partial charge in [0.25, 0.3) is 0 Å². The summed E-state index contributed by atoms with van der Waals surface area (Å²) in [6, 6.07) is 23.4. The first-order chi connectivity index (χ1) is 22.7. The van der Waals surface area contributed by atoms with Crippen LogP contribution in [0.25, 0.3) is 44.6 Å². The number of benzene rings is 3. The Hall–Kier alpha value is -3.58. The van der Waals surface area contributed by atoms with Crippen molar-refractivity contribution in [2.24, 2.45) is 0 Å². The Kier molecular flexibility index (Phi) is 9.31. The molecule has 1 amide bonds. The van der Waals surface area contributed by atoms with E-state index >= 15 is 0 Å². The van der Waals surface area contributed by atoms with Gasteiger partial charge in [-0.15, -0.1) is 0 Å². The number of hydrogen-bond donors (Lipinski definition) is 0. The molecule has 0 fully saturated rings. The van der Waals surface area contributed by atoms with E-state index in [1.807, 2.05) is 36.4 Å². The maximum atomic E-state index is 13.4. The Balaban J connectivity index is 1.49. The number of aromatic nitrogens is 4. The Morgan fingerprint density at radius 3 is 2.10 bits per heavy atom. The molecule has 0 saturated heterocycles. The highest BCUT2D eigenvalue weighted by atomic mass is 28.3. The van der Waals surface area contributed by atoms with Gasteiger partial charge in [0.05, 0.1) is 27.7 Å². The lowest BCUT2D eigenvalue weighted by Crippen LogP contribution is -2.35. The van der Waals surface area contributed by atoms with Crippen LogP contribution in [0, 0.1) is 0 Å². The second-order valence-corrected chi connectivity index (χ2v) is 27.3. The van der Waals surface area contributed by atoms with Crippen molar-refractivity contribution >= 4 is 49.7 Å². The van der Waals surface area contributed by atoms with Crippen molar-refractivity contribution in [3.8, 4) is 22.6 Å². The third-order valence-corrected chi connectivity index (χ3v) is 12.8. The normalized spacial score (nSPS) is 14.9. The Morgan fingerprint density at radius 1 is 0.792 bits per heavy atom. The molecule has 48 heavy (non-hydrogen) atoms. The van der Waals surface area contributed by atoms with E-state index in [0.29, 0.717) is 33.2 Å². The predicted octanol–water partition coefficient (Wildman–Crippen LogP) is 8.99. The maximum absolute atomic E-state index is 13.4. The minimum absolute atomic E-state index is 0.124. The van der Waals surface area contributed by atoms with E-state index < -0.39 is 21.6 Å². The molecule has 0 radical (unpaired) electrons. The van der Waals surface area contributed by atoms with Crippen molar-refractivity contribution in [1.29, 1.82) is 0 Å². The fraction of sp³-hybridized carbons (Fsp3) is 0.447. The molecular formula is C38H51N5O3Si2. The standard InChI is InChI=1S/C38H51N5O3Si2/c1-10-41-33-24-34-31(23-30(33)38(2,3)37(41)44)39-36(42(34)25-45-18-20-47(4,5)6)35-29-17-16-28(27-14-12-11-13-15-27)22-32(29)43(40-35)26-46-19-21-48(7,8)9/h11-17,22-24H,10,18-21,25-26H2,1-9H3. The van der Waals surface area contributed by atoms with Crippen molar-refractivity contribution in [1.82, 2.24) is 19.3 Å². The van der Waals surface area contributed by atoms with Crippen molar-refractivity contribution in [3.05, 3.63) is 66.2 Å². The van der Waals surface area contributed by atoms with Gasteiger partial charge in [-0.3, -0.25) is 9.36 Å². The number of amides is 1. The molecule has 10 heteroatoms. The third kappa shape index (κ3) is 6.81. The van der Waals surface area contributed by atoms with E-state index in [4.69, 9.17) is 19.6 Å². The molecule has 0 bridgehead atoms. The first kappa shape index (κ1) is 34.3. The molecular weight excluding hydrogens is 631 g/mol. The molecule has 1 aliphatic heterocycles. The van der Waals surface area contributed by atoms with Crippen LogP contribution < -0.4 is 4.90 Å². The van der Waals surface area contributed by atoms with Gasteiger partial charge in [0.15, 0.2) is 5.82 Å². The molecule has 1 aliphatic rings. The molecule has 2 aromatic heterocycles. The summed E-state index contributed by atoms with van der Waals surface area (Å²) in [5.74, 6) is 0.881. The summed E-state index contributed by atoms with van der Waals surface area (Å²) in [6.07, 6.45) is 0. The van der Waals surface area contributed by atoms with Crippen LogP contribution in [-0.2, 0) is 33.1 Å². The lowest BCUT2D eigenvalue weighted by Gasteiger charge is -2.18. The minimum Gasteiger partial charge on any atom is -0.361 e. The highest BCUT2D eigenvalue weighted by molar-refractivity contribution is 6.76. The second kappa shape index (κ2) is 13.0. The molecule has 8 nitrogen and oxygen atoms in total. The topological polar surface area (TPSA) is 74.4 Å². The molecule has 3 aromatic carbocycles. The van der Waals surface area contributed by atoms with Gasteiger partial charge >= 0.3 is 0 Å². The van der Waals surface area contributed by atoms with Gasteiger partial charge in [-0.05, 0) is 73.8 Å². The van der Waals surface area contributed by atoms with Crippen LogP contribution in [0.4, 0.5) is 5.69 Å². The Bertz CT molecular complexity index is 1950. The molecule has 0 unspecified atom stereocenters. The van der Waals surface area contributed by atoms with Crippen molar-refractivity contribution in [2.45, 2.75) is 91.0 Å². The van der Waals surface area contributed by atoms with Gasteiger partial charge in [-0.2, -0.15) is 5.10 Å². The van der Waals surface area contributed by atoms with Gasteiger partial charge in [-0.25, -0.2) is 9.67 Å². The molecule has 6 rings (SSSR count). The fourth-order valence-electron chi connectivity index (χ4n) is 6.38. The fourth-order valence-corrected chi connectivity index (χ4v) is 7.90. The first-order valence-electron chi connectivity index (χ1n) is 17.3. The molecule has 0 saturated carbocycles. The maximum Gasteiger partial charge on any atom is 0.237 e. The van der Waals surface area contributed by atoms with E-state index in [0.717, 1.165) is 67.9 Å². The quantitative estimate of drug-likeness (QED) is 0.0916. The van der Waals surface area contributed by atoms with Crippen LogP contribution in [0.1, 0.15) is 26.3 Å². The SMILES string of the molecule is CCN1C(=O)C(C)(C)c2cc3nc(-c4nn(COCC[Si](C)(C)C)c5cc(-c6ccccc6)ccc45)n(COCC[Si](C)(C)C)c3cc21. The number of imidazole rings is 1. The number of ether oxygens (including phenoxy) is 2. The zero-order valence-corrected chi connectivity index (χ0v) is 32.2. The van der Waals surface area contributed by atoms with Crippen LogP contribution in [0.15, 0.2) is 60.7 Å². The molecule has 0 atom stereocenters. The van der Waals surface area contributed by atoms with Crippen LogP contribution in [-0.4, -0.2) is 61.1 Å². The summed E-state index contributed by atoms with van der Waals surface area (Å²) in [6.45, 7) is 23.0. The number of hydrogen-bond acceptors (Lipinski definition) is 5. The summed E-state index contributed by atoms with van der Waals surface area (Å²) < 4.78 is 16.8. The highest BCUT2D eigenvalue weighted by Crippen LogP contribution is 2.44. The number of nitrogens with zero attached hydrogens (tertiary/aromatic N) is 5. The number of fused-ring (bicyclic) bond motifs is 3. The Labute approximate surface area is 287 Å². The van der Waals surface area contributed by atoms with E-state index in [2.05, 4.69) is 98.4 Å². The largest absolute Gasteiger partial charge is 0.361 e. The molecule has 254 valence electrons. The molecule has 0 spiro atoms.